The molecule has 0 aliphatic rings. The maximum atomic E-state index is 13.0. The van der Waals surface area contributed by atoms with Gasteiger partial charge in [0.2, 0.25) is 0 Å². The molecule has 0 fully saturated rings. The summed E-state index contributed by atoms with van der Waals surface area (Å²) >= 11 is 0. The zero-order chi connectivity index (χ0) is 17.2. The van der Waals surface area contributed by atoms with Crippen molar-refractivity contribution in [2.75, 3.05) is 0 Å². The topological polar surface area (TPSA) is 55.4 Å². The monoisotopic (exact) mass is 329 g/mol. The molecule has 0 aromatic rings. The smallest absolute Gasteiger partial charge is 0.409 e. The predicted octanol–water partition coefficient (Wildman–Crippen LogP) is 2.87. The fourth-order valence-corrected chi connectivity index (χ4v) is 1.92. The van der Waals surface area contributed by atoms with Crippen molar-refractivity contribution < 1.29 is 26.9 Å². The highest BCUT2D eigenvalue weighted by atomic mass is 32.2. The molecule has 0 aromatic heterocycles. The predicted molar refractivity (Wildman–Crippen MR) is 75.9 cm³/mol. The average molecular weight is 329 g/mol. The molecule has 0 saturated heterocycles. The summed E-state index contributed by atoms with van der Waals surface area (Å²) in [6, 6.07) is -2.42. The van der Waals surface area contributed by atoms with Crippen LogP contribution in [0.1, 0.15) is 41.5 Å². The lowest BCUT2D eigenvalue weighted by Gasteiger charge is -2.28. The van der Waals surface area contributed by atoms with Gasteiger partial charge in [-0.25, -0.2) is 13.7 Å². The standard InChI is InChI=1S/C13H22F3NO3S/c1-8(10(18)20-11(2,3)4)9(13(14,15)16)17-21(19)12(5,6)7/h9,17H,1H2,2-7H3/t9-,21-/m1/s1. The van der Waals surface area contributed by atoms with Crippen LogP contribution in [0.3, 0.4) is 0 Å². The Morgan fingerprint density at radius 3 is 1.86 bits per heavy atom. The van der Waals surface area contributed by atoms with Crippen molar-refractivity contribution in [3.05, 3.63) is 12.2 Å². The number of alkyl halides is 3. The largest absolute Gasteiger partial charge is 0.457 e. The molecule has 8 heteroatoms. The summed E-state index contributed by atoms with van der Waals surface area (Å²) in [7, 11) is -2.01. The van der Waals surface area contributed by atoms with Crippen molar-refractivity contribution in [2.45, 2.75) is 64.1 Å². The van der Waals surface area contributed by atoms with Crippen LogP contribution in [0.5, 0.6) is 0 Å². The molecule has 0 aliphatic carbocycles. The van der Waals surface area contributed by atoms with Crippen LogP contribution in [0.15, 0.2) is 12.2 Å². The fourth-order valence-electron chi connectivity index (χ4n) is 1.08. The molecule has 0 amide bonds. The summed E-state index contributed by atoms with van der Waals surface area (Å²) < 4.78 is 56.8. The van der Waals surface area contributed by atoms with Gasteiger partial charge < -0.3 is 4.74 Å². The SMILES string of the molecule is C=C(C(=O)OC(C)(C)C)[C@@H](N[S@](=O)C(C)(C)C)C(F)(F)F. The van der Waals surface area contributed by atoms with Gasteiger partial charge in [-0.2, -0.15) is 13.2 Å². The number of carbonyl (C=O) groups excluding carboxylic acids is 1. The number of rotatable bonds is 4. The molecule has 4 nitrogen and oxygen atoms in total. The van der Waals surface area contributed by atoms with E-state index >= 15 is 0 Å². The van der Waals surface area contributed by atoms with E-state index in [9.17, 15) is 22.2 Å². The summed E-state index contributed by atoms with van der Waals surface area (Å²) in [4.78, 5) is 11.7. The van der Waals surface area contributed by atoms with E-state index in [0.717, 1.165) is 0 Å². The third-order valence-corrected chi connectivity index (χ3v) is 3.68. The van der Waals surface area contributed by atoms with Crippen molar-refractivity contribution in [1.82, 2.24) is 4.72 Å². The van der Waals surface area contributed by atoms with Crippen molar-refractivity contribution >= 4 is 17.0 Å². The lowest BCUT2D eigenvalue weighted by molar-refractivity contribution is -0.161. The minimum atomic E-state index is -4.81. The van der Waals surface area contributed by atoms with Crippen LogP contribution in [-0.2, 0) is 20.5 Å². The molecule has 124 valence electrons. The molecule has 1 N–H and O–H groups in total. The second-order valence-electron chi connectivity index (χ2n) is 6.50. The van der Waals surface area contributed by atoms with Crippen LogP contribution in [0.4, 0.5) is 13.2 Å². The zero-order valence-corrected chi connectivity index (χ0v) is 13.9. The normalized spacial score (nSPS) is 16.2. The molecule has 0 unspecified atom stereocenters. The van der Waals surface area contributed by atoms with Gasteiger partial charge in [-0.05, 0) is 41.5 Å². The lowest BCUT2D eigenvalue weighted by Crippen LogP contribution is -2.50. The molecule has 0 radical (unpaired) electrons. The van der Waals surface area contributed by atoms with Gasteiger partial charge in [-0.1, -0.05) is 6.58 Å². The maximum absolute atomic E-state index is 13.0. The molecule has 0 spiro atoms. The molecule has 0 aliphatic heterocycles. The molecular weight excluding hydrogens is 307 g/mol. The van der Waals surface area contributed by atoms with Crippen LogP contribution < -0.4 is 4.72 Å². The highest BCUT2D eigenvalue weighted by molar-refractivity contribution is 7.84. The van der Waals surface area contributed by atoms with Crippen LogP contribution >= 0.6 is 0 Å². The van der Waals surface area contributed by atoms with E-state index in [1.54, 1.807) is 0 Å². The molecule has 2 atom stereocenters. The van der Waals surface area contributed by atoms with E-state index in [1.807, 2.05) is 4.72 Å². The van der Waals surface area contributed by atoms with Crippen molar-refractivity contribution in [3.8, 4) is 0 Å². The van der Waals surface area contributed by atoms with Gasteiger partial charge in [0.15, 0.2) is 0 Å². The van der Waals surface area contributed by atoms with E-state index in [2.05, 4.69) is 6.58 Å². The Kier molecular flexibility index (Phi) is 6.20. The number of hydrogen-bond acceptors (Lipinski definition) is 3. The van der Waals surface area contributed by atoms with Gasteiger partial charge in [-0.3, -0.25) is 0 Å². The minimum Gasteiger partial charge on any atom is -0.457 e. The molecule has 0 aromatic carbocycles. The second-order valence-corrected chi connectivity index (χ2v) is 8.50. The summed E-state index contributed by atoms with van der Waals surface area (Å²) in [6.07, 6.45) is -4.81. The number of carbonyl (C=O) groups is 1. The zero-order valence-electron chi connectivity index (χ0n) is 13.1. The Hall–Kier alpha value is -0.890. The minimum absolute atomic E-state index is 0.824. The fraction of sp³-hybridized carbons (Fsp3) is 0.769. The molecule has 0 saturated carbocycles. The van der Waals surface area contributed by atoms with E-state index in [0.29, 0.717) is 0 Å². The van der Waals surface area contributed by atoms with E-state index in [-0.39, 0.29) is 0 Å². The molecule has 0 rings (SSSR count). The Morgan fingerprint density at radius 1 is 1.14 bits per heavy atom. The first-order valence-electron chi connectivity index (χ1n) is 6.22. The van der Waals surface area contributed by atoms with Crippen LogP contribution in [-0.4, -0.2) is 32.7 Å². The third kappa shape index (κ3) is 7.08. The number of hydrogen-bond donors (Lipinski definition) is 1. The summed E-state index contributed by atoms with van der Waals surface area (Å²) in [5.74, 6) is -1.18. The van der Waals surface area contributed by atoms with Gasteiger partial charge in [0.25, 0.3) is 0 Å². The molecule has 0 heterocycles. The Labute approximate surface area is 125 Å². The van der Waals surface area contributed by atoms with Gasteiger partial charge in [0.1, 0.15) is 11.6 Å². The number of nitrogens with one attached hydrogen (secondary N) is 1. The van der Waals surface area contributed by atoms with Gasteiger partial charge in [0, 0.05) is 0 Å². The molecule has 0 bridgehead atoms. The Morgan fingerprint density at radius 2 is 1.57 bits per heavy atom. The average Bonchev–Trinajstić information content (AvgIpc) is 2.18. The Balaban J connectivity index is 5.24. The first kappa shape index (κ1) is 20.1. The number of halogens is 3. The summed E-state index contributed by atoms with van der Waals surface area (Å²) in [5, 5.41) is 0. The van der Waals surface area contributed by atoms with Crippen molar-refractivity contribution in [1.29, 1.82) is 0 Å². The van der Waals surface area contributed by atoms with Gasteiger partial charge in [0.05, 0.1) is 21.3 Å². The highest BCUT2D eigenvalue weighted by Crippen LogP contribution is 2.27. The van der Waals surface area contributed by atoms with E-state index in [1.165, 1.54) is 41.5 Å². The quantitative estimate of drug-likeness (QED) is 0.637. The van der Waals surface area contributed by atoms with Crippen LogP contribution in [0, 0.1) is 0 Å². The van der Waals surface area contributed by atoms with Gasteiger partial charge >= 0.3 is 12.1 Å². The van der Waals surface area contributed by atoms with E-state index < -0.39 is 45.1 Å². The Bertz CT molecular complexity index is 433. The maximum Gasteiger partial charge on any atom is 0.409 e. The highest BCUT2D eigenvalue weighted by Gasteiger charge is 2.46. The van der Waals surface area contributed by atoms with Crippen LogP contribution in [0.25, 0.3) is 0 Å². The second kappa shape index (κ2) is 6.48. The molecular formula is C13H22F3NO3S. The molecule has 21 heavy (non-hydrogen) atoms. The van der Waals surface area contributed by atoms with Crippen molar-refractivity contribution in [2.24, 2.45) is 0 Å². The summed E-state index contributed by atoms with van der Waals surface area (Å²) in [5.41, 5.74) is -1.77. The van der Waals surface area contributed by atoms with E-state index in [4.69, 9.17) is 4.74 Å². The number of esters is 1. The number of ether oxygens (including phenoxy) is 1. The third-order valence-electron chi connectivity index (χ3n) is 2.12. The summed E-state index contributed by atoms with van der Waals surface area (Å²) in [6.45, 7) is 12.3. The van der Waals surface area contributed by atoms with Crippen molar-refractivity contribution in [3.63, 3.8) is 0 Å². The van der Waals surface area contributed by atoms with Gasteiger partial charge in [-0.15, -0.1) is 0 Å². The first-order chi connectivity index (χ1) is 9.05. The lowest BCUT2D eigenvalue weighted by atomic mass is 10.1. The van der Waals surface area contributed by atoms with Crippen LogP contribution in [0.2, 0.25) is 0 Å². The first-order valence-corrected chi connectivity index (χ1v) is 7.37.